The minimum absolute atomic E-state index is 0.248. The van der Waals surface area contributed by atoms with Gasteiger partial charge in [0.25, 0.3) is 0 Å². The van der Waals surface area contributed by atoms with Gasteiger partial charge < -0.3 is 0 Å². The molecule has 1 aliphatic rings. The monoisotopic (exact) mass is 361 g/mol. The van der Waals surface area contributed by atoms with E-state index in [2.05, 4.69) is 54.0 Å². The third kappa shape index (κ3) is 4.13. The number of nitrogens with zero attached hydrogens (tertiary/aromatic N) is 1. The minimum Gasteiger partial charge on any atom is -0.205 e. The summed E-state index contributed by atoms with van der Waals surface area (Å²) in [4.78, 5) is 3.33. The second kappa shape index (κ2) is 7.89. The summed E-state index contributed by atoms with van der Waals surface area (Å²) in [6.45, 7) is 2.12. The fraction of sp³-hybridized carbons (Fsp3) is 0.136. The van der Waals surface area contributed by atoms with E-state index in [1.165, 1.54) is 16.7 Å². The Morgan fingerprint density at radius 2 is 1.69 bits per heavy atom. The zero-order valence-corrected chi connectivity index (χ0v) is 14.8. The Labute approximate surface area is 156 Å². The molecule has 0 saturated heterocycles. The molecule has 0 unspecified atom stereocenters. The van der Waals surface area contributed by atoms with Crippen molar-refractivity contribution in [3.05, 3.63) is 75.4 Å². The van der Waals surface area contributed by atoms with Crippen LogP contribution in [0.2, 0.25) is 0 Å². The Balaban J connectivity index is 1.89. The summed E-state index contributed by atoms with van der Waals surface area (Å²) in [5.41, 5.74) is 4.51. The van der Waals surface area contributed by atoms with Crippen molar-refractivity contribution in [2.75, 3.05) is 0 Å². The number of rotatable bonds is 0. The summed E-state index contributed by atoms with van der Waals surface area (Å²) in [7, 11) is 0. The molecule has 2 aromatic rings. The number of thiocarbonyl (C=S) groups is 1. The van der Waals surface area contributed by atoms with Crippen molar-refractivity contribution in [3.8, 4) is 23.8 Å². The van der Waals surface area contributed by atoms with Gasteiger partial charge in [0.05, 0.1) is 16.8 Å². The summed E-state index contributed by atoms with van der Waals surface area (Å²) in [5, 5.41) is 2.01. The number of hydrogen-bond acceptors (Lipinski definition) is 2. The second-order valence-electron chi connectivity index (χ2n) is 5.91. The highest BCUT2D eigenvalue weighted by molar-refractivity contribution is 7.78. The molecule has 0 aliphatic heterocycles. The van der Waals surface area contributed by atoms with Crippen LogP contribution >= 0.6 is 12.2 Å². The maximum absolute atomic E-state index is 14.0. The lowest BCUT2D eigenvalue weighted by Gasteiger charge is -2.13. The Bertz CT molecular complexity index is 1060. The first kappa shape index (κ1) is 17.8. The number of isothiocyanates is 1. The Kier molecular flexibility index (Phi) is 5.40. The molecule has 126 valence electrons. The molecule has 0 heterocycles. The van der Waals surface area contributed by atoms with E-state index in [1.54, 1.807) is 0 Å². The Hall–Kier alpha value is -3.04. The highest BCUT2D eigenvalue weighted by Crippen LogP contribution is 2.24. The van der Waals surface area contributed by atoms with Crippen LogP contribution in [0.3, 0.4) is 0 Å². The van der Waals surface area contributed by atoms with Crippen LogP contribution in [0.15, 0.2) is 40.9 Å². The molecule has 1 aliphatic carbocycles. The predicted octanol–water partition coefficient (Wildman–Crippen LogP) is 5.13. The van der Waals surface area contributed by atoms with Crippen LogP contribution in [0, 0.1) is 35.4 Å². The van der Waals surface area contributed by atoms with Gasteiger partial charge in [-0.05, 0) is 73.3 Å². The zero-order valence-electron chi connectivity index (χ0n) is 14.0. The molecule has 1 nitrogen and oxygen atoms in total. The molecule has 0 bridgehead atoms. The average molecular weight is 361 g/mol. The van der Waals surface area contributed by atoms with Crippen molar-refractivity contribution in [1.29, 1.82) is 0 Å². The van der Waals surface area contributed by atoms with Gasteiger partial charge >= 0.3 is 0 Å². The molecule has 0 atom stereocenters. The molecule has 4 heteroatoms. The van der Waals surface area contributed by atoms with Crippen LogP contribution in [0.5, 0.6) is 0 Å². The van der Waals surface area contributed by atoms with Crippen LogP contribution in [-0.4, -0.2) is 5.16 Å². The highest BCUT2D eigenvalue weighted by atomic mass is 32.1. The largest absolute Gasteiger partial charge is 0.205 e. The number of benzene rings is 2. The molecule has 3 rings (SSSR count). The smallest absolute Gasteiger partial charge is 0.143 e. The first-order valence-corrected chi connectivity index (χ1v) is 8.36. The van der Waals surface area contributed by atoms with Crippen LogP contribution in [0.4, 0.5) is 8.78 Å². The third-order valence-electron chi connectivity index (χ3n) is 4.01. The van der Waals surface area contributed by atoms with Gasteiger partial charge in [-0.1, -0.05) is 29.6 Å². The van der Waals surface area contributed by atoms with E-state index in [0.29, 0.717) is 0 Å². The molecule has 0 fully saturated rings. The standard InChI is InChI=1S/C22H13F2NS/c1-15-2-6-19-11-16(5-7-18(19)10-15)3-4-17-12-21(23)20(22(24)13-17)8-9-25-14-26/h5,7,10-13H,2,6H2,1H3. The number of halogens is 2. The maximum atomic E-state index is 14.0. The molecule has 0 spiro atoms. The lowest BCUT2D eigenvalue weighted by Crippen LogP contribution is -1.97. The van der Waals surface area contributed by atoms with Gasteiger partial charge in [-0.15, -0.1) is 4.99 Å². The second-order valence-corrected chi connectivity index (χ2v) is 6.09. The normalized spacial score (nSPS) is 11.7. The predicted molar refractivity (Wildman–Crippen MR) is 103 cm³/mol. The van der Waals surface area contributed by atoms with Crippen LogP contribution in [0.1, 0.15) is 41.2 Å². The van der Waals surface area contributed by atoms with E-state index in [9.17, 15) is 8.78 Å². The Morgan fingerprint density at radius 1 is 0.962 bits per heavy atom. The minimum atomic E-state index is -0.785. The quantitative estimate of drug-likeness (QED) is 0.360. The molecular formula is C22H13F2NS. The molecule has 0 radical (unpaired) electrons. The number of aryl methyl sites for hydroxylation is 1. The zero-order chi connectivity index (χ0) is 18.5. The summed E-state index contributed by atoms with van der Waals surface area (Å²) >= 11 is 4.35. The van der Waals surface area contributed by atoms with Crippen molar-refractivity contribution in [3.63, 3.8) is 0 Å². The summed E-state index contributed by atoms with van der Waals surface area (Å²) in [6.07, 6.45) is 4.19. The van der Waals surface area contributed by atoms with E-state index in [4.69, 9.17) is 0 Å². The van der Waals surface area contributed by atoms with Crippen LogP contribution < -0.4 is 0 Å². The first-order chi connectivity index (χ1) is 12.6. The topological polar surface area (TPSA) is 12.4 Å². The molecule has 0 aromatic heterocycles. The Morgan fingerprint density at radius 3 is 2.42 bits per heavy atom. The average Bonchev–Trinajstić information content (AvgIpc) is 2.62. The van der Waals surface area contributed by atoms with Crippen LogP contribution in [-0.2, 0) is 6.42 Å². The van der Waals surface area contributed by atoms with Gasteiger partial charge in [-0.25, -0.2) is 8.78 Å². The lowest BCUT2D eigenvalue weighted by molar-refractivity contribution is 0.577. The highest BCUT2D eigenvalue weighted by Gasteiger charge is 2.09. The van der Waals surface area contributed by atoms with Crippen molar-refractivity contribution in [1.82, 2.24) is 0 Å². The number of fused-ring (bicyclic) bond motifs is 1. The fourth-order valence-corrected chi connectivity index (χ4v) is 2.77. The fourth-order valence-electron chi connectivity index (χ4n) is 2.73. The van der Waals surface area contributed by atoms with E-state index >= 15 is 0 Å². The van der Waals surface area contributed by atoms with Gasteiger partial charge in [0, 0.05) is 11.1 Å². The molecule has 0 N–H and O–H groups in total. The van der Waals surface area contributed by atoms with Crippen molar-refractivity contribution in [2.24, 2.45) is 4.99 Å². The third-order valence-corrected chi connectivity index (χ3v) is 4.10. The van der Waals surface area contributed by atoms with Crippen molar-refractivity contribution in [2.45, 2.75) is 19.8 Å². The molecule has 0 amide bonds. The van der Waals surface area contributed by atoms with E-state index in [1.807, 2.05) is 23.4 Å². The summed E-state index contributed by atoms with van der Waals surface area (Å²) < 4.78 is 28.0. The number of hydrogen-bond donors (Lipinski definition) is 0. The molecule has 2 aromatic carbocycles. The van der Waals surface area contributed by atoms with Crippen molar-refractivity contribution >= 4 is 23.5 Å². The SMILES string of the molecule is CC1=Cc2ccc(C#Cc3cc(F)c(C#CN=C=S)c(F)c3)cc2CC1. The maximum Gasteiger partial charge on any atom is 0.143 e. The summed E-state index contributed by atoms with van der Waals surface area (Å²) in [5.74, 6) is 6.47. The summed E-state index contributed by atoms with van der Waals surface area (Å²) in [6, 6.07) is 10.5. The van der Waals surface area contributed by atoms with E-state index < -0.39 is 11.6 Å². The molecular weight excluding hydrogens is 348 g/mol. The molecule has 0 saturated carbocycles. The lowest BCUT2D eigenvalue weighted by atomic mass is 9.91. The van der Waals surface area contributed by atoms with Gasteiger partial charge in [-0.3, -0.25) is 0 Å². The van der Waals surface area contributed by atoms with Gasteiger partial charge in [0.15, 0.2) is 0 Å². The van der Waals surface area contributed by atoms with Gasteiger partial charge in [0.1, 0.15) is 11.6 Å². The van der Waals surface area contributed by atoms with Gasteiger partial charge in [0.2, 0.25) is 0 Å². The number of allylic oxidation sites excluding steroid dienone is 1. The van der Waals surface area contributed by atoms with Crippen molar-refractivity contribution < 1.29 is 8.78 Å². The van der Waals surface area contributed by atoms with Crippen LogP contribution in [0.25, 0.3) is 6.08 Å². The van der Waals surface area contributed by atoms with Gasteiger partial charge in [-0.2, -0.15) is 0 Å². The van der Waals surface area contributed by atoms with E-state index in [-0.39, 0.29) is 11.1 Å². The number of aliphatic imine (C=N–C) groups is 1. The molecule has 26 heavy (non-hydrogen) atoms. The van der Waals surface area contributed by atoms with E-state index in [0.717, 1.165) is 30.5 Å². The first-order valence-electron chi connectivity index (χ1n) is 7.96.